The Kier molecular flexibility index (Phi) is 3.15. The molecule has 0 unspecified atom stereocenters. The molecule has 0 bridgehead atoms. The van der Waals surface area contributed by atoms with Crippen LogP contribution in [0, 0.1) is 6.92 Å². The van der Waals surface area contributed by atoms with E-state index in [1.165, 1.54) is 0 Å². The Balaban J connectivity index is 1.95. The summed E-state index contributed by atoms with van der Waals surface area (Å²) < 4.78 is 10.6. The Hall–Kier alpha value is -2.34. The van der Waals surface area contributed by atoms with Crippen LogP contribution < -0.4 is 20.5 Å². The first-order valence-corrected chi connectivity index (χ1v) is 6.48. The summed E-state index contributed by atoms with van der Waals surface area (Å²) in [7, 11) is 0. The van der Waals surface area contributed by atoms with Gasteiger partial charge >= 0.3 is 0 Å². The standard InChI is InChI=1S/C14H13N3O2S/c1-8-2-4-10(13(15)20)14(16-8)17-9-3-5-11-12(6-9)19-7-18-11/h2-6H,7H2,1H3,(H2,15,20)(H,16,17). The normalized spacial score (nSPS) is 12.2. The van der Waals surface area contributed by atoms with Gasteiger partial charge in [-0.1, -0.05) is 12.2 Å². The Labute approximate surface area is 121 Å². The molecule has 1 aromatic carbocycles. The number of nitrogens with one attached hydrogen (secondary N) is 1. The van der Waals surface area contributed by atoms with Gasteiger partial charge in [0.2, 0.25) is 6.79 Å². The Morgan fingerprint density at radius 1 is 1.25 bits per heavy atom. The van der Waals surface area contributed by atoms with Crippen molar-refractivity contribution in [2.24, 2.45) is 5.73 Å². The molecule has 0 fully saturated rings. The highest BCUT2D eigenvalue weighted by atomic mass is 32.1. The van der Waals surface area contributed by atoms with Gasteiger partial charge in [-0.3, -0.25) is 0 Å². The molecule has 0 amide bonds. The van der Waals surface area contributed by atoms with Gasteiger partial charge < -0.3 is 20.5 Å². The zero-order chi connectivity index (χ0) is 14.1. The van der Waals surface area contributed by atoms with Crippen molar-refractivity contribution >= 4 is 28.7 Å². The molecular weight excluding hydrogens is 274 g/mol. The molecule has 3 rings (SSSR count). The lowest BCUT2D eigenvalue weighted by Gasteiger charge is -2.11. The molecule has 20 heavy (non-hydrogen) atoms. The third kappa shape index (κ3) is 2.37. The molecule has 2 heterocycles. The molecule has 0 saturated heterocycles. The highest BCUT2D eigenvalue weighted by Gasteiger charge is 2.14. The zero-order valence-electron chi connectivity index (χ0n) is 10.8. The van der Waals surface area contributed by atoms with Gasteiger partial charge in [0.05, 0.1) is 5.56 Å². The molecule has 102 valence electrons. The van der Waals surface area contributed by atoms with Crippen molar-refractivity contribution in [3.05, 3.63) is 41.6 Å². The maximum absolute atomic E-state index is 5.72. The Bertz CT molecular complexity index is 688. The molecule has 6 heteroatoms. The van der Waals surface area contributed by atoms with Crippen molar-refractivity contribution in [3.8, 4) is 11.5 Å². The van der Waals surface area contributed by atoms with Crippen molar-refractivity contribution in [2.45, 2.75) is 6.92 Å². The smallest absolute Gasteiger partial charge is 0.231 e. The van der Waals surface area contributed by atoms with Crippen molar-refractivity contribution in [2.75, 3.05) is 12.1 Å². The molecule has 5 nitrogen and oxygen atoms in total. The van der Waals surface area contributed by atoms with Crippen molar-refractivity contribution in [1.29, 1.82) is 0 Å². The van der Waals surface area contributed by atoms with Crippen LogP contribution in [-0.2, 0) is 0 Å². The number of fused-ring (bicyclic) bond motifs is 1. The summed E-state index contributed by atoms with van der Waals surface area (Å²) in [6.45, 7) is 2.16. The molecule has 0 atom stereocenters. The van der Waals surface area contributed by atoms with Gasteiger partial charge in [-0.05, 0) is 31.2 Å². The van der Waals surface area contributed by atoms with E-state index in [1.807, 2.05) is 37.3 Å². The molecule has 1 aliphatic rings. The third-order valence-electron chi connectivity index (χ3n) is 2.94. The molecule has 3 N–H and O–H groups in total. The number of benzene rings is 1. The number of nitrogens with zero attached hydrogens (tertiary/aromatic N) is 1. The number of anilines is 2. The fourth-order valence-corrected chi connectivity index (χ4v) is 2.13. The van der Waals surface area contributed by atoms with E-state index in [0.717, 1.165) is 17.1 Å². The summed E-state index contributed by atoms with van der Waals surface area (Å²) in [5, 5.41) is 3.21. The summed E-state index contributed by atoms with van der Waals surface area (Å²) >= 11 is 5.04. The summed E-state index contributed by atoms with van der Waals surface area (Å²) in [6, 6.07) is 9.33. The molecule has 0 aliphatic carbocycles. The van der Waals surface area contributed by atoms with Crippen LogP contribution in [0.3, 0.4) is 0 Å². The fourth-order valence-electron chi connectivity index (χ4n) is 1.96. The second-order valence-corrected chi connectivity index (χ2v) is 4.85. The van der Waals surface area contributed by atoms with E-state index in [2.05, 4.69) is 10.3 Å². The fraction of sp³-hybridized carbons (Fsp3) is 0.143. The van der Waals surface area contributed by atoms with E-state index in [4.69, 9.17) is 27.4 Å². The number of hydrogen-bond donors (Lipinski definition) is 2. The molecular formula is C14H13N3O2S. The number of pyridine rings is 1. The van der Waals surface area contributed by atoms with Crippen molar-refractivity contribution in [1.82, 2.24) is 4.98 Å². The predicted octanol–water partition coefficient (Wildman–Crippen LogP) is 2.50. The quantitative estimate of drug-likeness (QED) is 0.845. The maximum Gasteiger partial charge on any atom is 0.231 e. The van der Waals surface area contributed by atoms with E-state index < -0.39 is 0 Å². The second-order valence-electron chi connectivity index (χ2n) is 4.41. The highest BCUT2D eigenvalue weighted by molar-refractivity contribution is 7.80. The number of rotatable bonds is 3. The van der Waals surface area contributed by atoms with Gasteiger partial charge in [-0.15, -0.1) is 0 Å². The minimum atomic E-state index is 0.250. The first-order chi connectivity index (χ1) is 9.63. The van der Waals surface area contributed by atoms with E-state index >= 15 is 0 Å². The number of aromatic nitrogens is 1. The predicted molar refractivity (Wildman–Crippen MR) is 80.7 cm³/mol. The summed E-state index contributed by atoms with van der Waals surface area (Å²) in [4.78, 5) is 4.74. The first-order valence-electron chi connectivity index (χ1n) is 6.07. The Morgan fingerprint density at radius 3 is 2.85 bits per heavy atom. The van der Waals surface area contributed by atoms with Gasteiger partial charge in [0.15, 0.2) is 11.5 Å². The average molecular weight is 287 g/mol. The van der Waals surface area contributed by atoms with Gasteiger partial charge in [0, 0.05) is 17.4 Å². The lowest BCUT2D eigenvalue weighted by molar-refractivity contribution is 0.174. The topological polar surface area (TPSA) is 69.4 Å². The molecule has 1 aromatic heterocycles. The van der Waals surface area contributed by atoms with Gasteiger partial charge in [0.25, 0.3) is 0 Å². The number of ether oxygens (including phenoxy) is 2. The van der Waals surface area contributed by atoms with Crippen molar-refractivity contribution < 1.29 is 9.47 Å². The Morgan fingerprint density at radius 2 is 2.05 bits per heavy atom. The van der Waals surface area contributed by atoms with E-state index in [1.54, 1.807) is 0 Å². The monoisotopic (exact) mass is 287 g/mol. The van der Waals surface area contributed by atoms with Crippen molar-refractivity contribution in [3.63, 3.8) is 0 Å². The van der Waals surface area contributed by atoms with Gasteiger partial charge in [-0.25, -0.2) is 4.98 Å². The molecule has 2 aromatic rings. The van der Waals surface area contributed by atoms with Gasteiger partial charge in [-0.2, -0.15) is 0 Å². The molecule has 0 radical (unpaired) electrons. The number of nitrogens with two attached hydrogens (primary N) is 1. The third-order valence-corrected chi connectivity index (χ3v) is 3.16. The van der Waals surface area contributed by atoms with Crippen LogP contribution in [0.4, 0.5) is 11.5 Å². The number of hydrogen-bond acceptors (Lipinski definition) is 5. The van der Waals surface area contributed by atoms with E-state index in [9.17, 15) is 0 Å². The van der Waals surface area contributed by atoms with Crippen LogP contribution in [0.1, 0.15) is 11.3 Å². The summed E-state index contributed by atoms with van der Waals surface area (Å²) in [5.41, 5.74) is 8.15. The number of thiocarbonyl (C=S) groups is 1. The zero-order valence-corrected chi connectivity index (χ0v) is 11.7. The van der Waals surface area contributed by atoms with Crippen LogP contribution >= 0.6 is 12.2 Å². The van der Waals surface area contributed by atoms with Crippen LogP contribution in [0.5, 0.6) is 11.5 Å². The lowest BCUT2D eigenvalue weighted by Crippen LogP contribution is -2.13. The van der Waals surface area contributed by atoms with Crippen LogP contribution in [-0.4, -0.2) is 16.8 Å². The highest BCUT2D eigenvalue weighted by Crippen LogP contribution is 2.35. The lowest BCUT2D eigenvalue weighted by atomic mass is 10.2. The molecule has 0 spiro atoms. The van der Waals surface area contributed by atoms with Crippen LogP contribution in [0.15, 0.2) is 30.3 Å². The van der Waals surface area contributed by atoms with E-state index in [-0.39, 0.29) is 6.79 Å². The number of aryl methyl sites for hydroxylation is 1. The largest absolute Gasteiger partial charge is 0.454 e. The van der Waals surface area contributed by atoms with E-state index in [0.29, 0.717) is 22.1 Å². The molecule has 0 saturated carbocycles. The summed E-state index contributed by atoms with van der Waals surface area (Å²) in [5.74, 6) is 2.08. The van der Waals surface area contributed by atoms with Crippen LogP contribution in [0.2, 0.25) is 0 Å². The first kappa shape index (κ1) is 12.7. The van der Waals surface area contributed by atoms with Gasteiger partial charge in [0.1, 0.15) is 10.8 Å². The molecule has 1 aliphatic heterocycles. The second kappa shape index (κ2) is 4.97. The van der Waals surface area contributed by atoms with Crippen LogP contribution in [0.25, 0.3) is 0 Å². The summed E-state index contributed by atoms with van der Waals surface area (Å²) in [6.07, 6.45) is 0. The average Bonchev–Trinajstić information content (AvgIpc) is 2.85. The minimum Gasteiger partial charge on any atom is -0.454 e. The minimum absolute atomic E-state index is 0.250. The maximum atomic E-state index is 5.72. The SMILES string of the molecule is Cc1ccc(C(N)=S)c(Nc2ccc3c(c2)OCO3)n1.